The van der Waals surface area contributed by atoms with Gasteiger partial charge in [0.2, 0.25) is 5.88 Å². The van der Waals surface area contributed by atoms with Crippen molar-refractivity contribution in [3.63, 3.8) is 0 Å². The lowest BCUT2D eigenvalue weighted by atomic mass is 9.78. The Kier molecular flexibility index (Phi) is 3.65. The predicted molar refractivity (Wildman–Crippen MR) is 73.9 cm³/mol. The molecule has 0 radical (unpaired) electrons. The van der Waals surface area contributed by atoms with Crippen LogP contribution in [0.15, 0.2) is 30.7 Å². The monoisotopic (exact) mass is 302 g/mol. The Balaban J connectivity index is 1.93. The zero-order valence-corrected chi connectivity index (χ0v) is 11.2. The summed E-state index contributed by atoms with van der Waals surface area (Å²) in [6.07, 6.45) is 3.06. The SMILES string of the molecule is O=C(O)CC1OB(O)c2cc(Oc3cnccn3)cc(O)c21. The second kappa shape index (κ2) is 5.62. The number of phenolic OH excluding ortho intramolecular Hbond substituents is 1. The minimum absolute atomic E-state index is 0.209. The van der Waals surface area contributed by atoms with Crippen molar-refractivity contribution in [1.82, 2.24) is 9.97 Å². The molecule has 112 valence electrons. The van der Waals surface area contributed by atoms with E-state index in [1.54, 1.807) is 0 Å². The first-order valence-corrected chi connectivity index (χ1v) is 6.40. The number of hydrogen-bond donors (Lipinski definition) is 3. The van der Waals surface area contributed by atoms with Gasteiger partial charge in [0.25, 0.3) is 0 Å². The highest BCUT2D eigenvalue weighted by Crippen LogP contribution is 2.36. The molecule has 0 fully saturated rings. The maximum absolute atomic E-state index is 10.8. The van der Waals surface area contributed by atoms with E-state index < -0.39 is 19.2 Å². The average Bonchev–Trinajstić information content (AvgIpc) is 2.76. The fourth-order valence-electron chi connectivity index (χ4n) is 2.31. The lowest BCUT2D eigenvalue weighted by molar-refractivity contribution is -0.138. The molecule has 0 saturated carbocycles. The zero-order valence-electron chi connectivity index (χ0n) is 11.2. The largest absolute Gasteiger partial charge is 0.507 e. The van der Waals surface area contributed by atoms with Gasteiger partial charge in [0.05, 0.1) is 18.7 Å². The Labute approximate surface area is 125 Å². The van der Waals surface area contributed by atoms with Crippen LogP contribution < -0.4 is 10.2 Å². The zero-order chi connectivity index (χ0) is 15.7. The molecule has 0 amide bonds. The van der Waals surface area contributed by atoms with Crippen LogP contribution in [0, 0.1) is 0 Å². The maximum atomic E-state index is 10.8. The maximum Gasteiger partial charge on any atom is 0.492 e. The second-order valence-electron chi connectivity index (χ2n) is 4.67. The number of carbonyl (C=O) groups is 1. The van der Waals surface area contributed by atoms with E-state index in [-0.39, 0.29) is 34.8 Å². The number of phenols is 1. The predicted octanol–water partition coefficient (Wildman–Crippen LogP) is 0.208. The second-order valence-corrected chi connectivity index (χ2v) is 4.67. The molecule has 1 atom stereocenters. The van der Waals surface area contributed by atoms with Crippen molar-refractivity contribution in [3.05, 3.63) is 36.3 Å². The van der Waals surface area contributed by atoms with Crippen molar-refractivity contribution in [2.75, 3.05) is 0 Å². The van der Waals surface area contributed by atoms with Gasteiger partial charge in [0.15, 0.2) is 0 Å². The van der Waals surface area contributed by atoms with Crippen LogP contribution in [-0.2, 0) is 9.45 Å². The number of aliphatic carboxylic acids is 1. The van der Waals surface area contributed by atoms with E-state index in [2.05, 4.69) is 9.97 Å². The first-order valence-electron chi connectivity index (χ1n) is 6.40. The topological polar surface area (TPSA) is 122 Å². The van der Waals surface area contributed by atoms with E-state index in [1.165, 1.54) is 30.7 Å². The van der Waals surface area contributed by atoms with Crippen LogP contribution in [0.1, 0.15) is 18.1 Å². The summed E-state index contributed by atoms with van der Waals surface area (Å²) in [5, 5.41) is 28.8. The Bertz CT molecular complexity index is 711. The lowest BCUT2D eigenvalue weighted by Crippen LogP contribution is -2.28. The van der Waals surface area contributed by atoms with E-state index in [0.717, 1.165) is 0 Å². The molecule has 9 heteroatoms. The number of ether oxygens (including phenoxy) is 1. The molecule has 1 aliphatic heterocycles. The van der Waals surface area contributed by atoms with E-state index in [1.807, 2.05) is 0 Å². The third-order valence-corrected chi connectivity index (χ3v) is 3.17. The van der Waals surface area contributed by atoms with Gasteiger partial charge >= 0.3 is 13.1 Å². The third-order valence-electron chi connectivity index (χ3n) is 3.17. The van der Waals surface area contributed by atoms with Gasteiger partial charge in [-0.2, -0.15) is 0 Å². The summed E-state index contributed by atoms with van der Waals surface area (Å²) in [5.74, 6) is -0.851. The Morgan fingerprint density at radius 2 is 2.23 bits per heavy atom. The van der Waals surface area contributed by atoms with Crippen molar-refractivity contribution in [2.24, 2.45) is 0 Å². The molecule has 8 nitrogen and oxygen atoms in total. The molecule has 0 spiro atoms. The number of hydrogen-bond acceptors (Lipinski definition) is 7. The van der Waals surface area contributed by atoms with Gasteiger partial charge in [-0.3, -0.25) is 9.78 Å². The molecule has 1 unspecified atom stereocenters. The highest BCUT2D eigenvalue weighted by molar-refractivity contribution is 6.62. The number of benzene rings is 1. The van der Waals surface area contributed by atoms with Crippen LogP contribution in [-0.4, -0.2) is 38.3 Å². The minimum atomic E-state index is -1.32. The van der Waals surface area contributed by atoms with Crippen LogP contribution in [0.25, 0.3) is 0 Å². The van der Waals surface area contributed by atoms with Gasteiger partial charge in [-0.1, -0.05) is 0 Å². The van der Waals surface area contributed by atoms with Gasteiger partial charge in [0, 0.05) is 24.0 Å². The van der Waals surface area contributed by atoms with Crippen LogP contribution in [0.5, 0.6) is 17.4 Å². The third kappa shape index (κ3) is 2.71. The standard InChI is InChI=1S/C13H11BN2O6/c17-9-4-7(21-11-6-15-1-2-16-11)3-8-13(9)10(5-12(18)19)22-14(8)20/h1-4,6,10,17,20H,5H2,(H,18,19). The molecule has 1 aliphatic rings. The molecule has 1 aromatic heterocycles. The van der Waals surface area contributed by atoms with Crippen molar-refractivity contribution in [2.45, 2.75) is 12.5 Å². The van der Waals surface area contributed by atoms with E-state index >= 15 is 0 Å². The number of nitrogens with zero attached hydrogens (tertiary/aromatic N) is 2. The van der Waals surface area contributed by atoms with Crippen molar-refractivity contribution >= 4 is 18.6 Å². The highest BCUT2D eigenvalue weighted by atomic mass is 16.5. The quantitative estimate of drug-likeness (QED) is 0.685. The molecule has 2 aromatic rings. The van der Waals surface area contributed by atoms with Gasteiger partial charge in [-0.05, 0) is 11.5 Å². The lowest BCUT2D eigenvalue weighted by Gasteiger charge is -2.12. The Hall–Kier alpha value is -2.65. The van der Waals surface area contributed by atoms with Gasteiger partial charge < -0.3 is 24.6 Å². The molecule has 0 bridgehead atoms. The summed E-state index contributed by atoms with van der Waals surface area (Å²) in [4.78, 5) is 18.6. The number of carboxylic acid groups (broad SMARTS) is 1. The summed E-state index contributed by atoms with van der Waals surface area (Å²) in [5.41, 5.74) is 0.520. The van der Waals surface area contributed by atoms with Gasteiger partial charge in [0.1, 0.15) is 11.5 Å². The van der Waals surface area contributed by atoms with Crippen LogP contribution in [0.2, 0.25) is 0 Å². The summed E-state index contributed by atoms with van der Waals surface area (Å²) >= 11 is 0. The average molecular weight is 302 g/mol. The summed E-state index contributed by atoms with van der Waals surface area (Å²) in [6, 6.07) is 2.78. The first-order chi connectivity index (χ1) is 10.5. The number of aromatic nitrogens is 2. The molecule has 22 heavy (non-hydrogen) atoms. The summed E-state index contributed by atoms with van der Waals surface area (Å²) in [6.45, 7) is 0. The van der Waals surface area contributed by atoms with Crippen molar-refractivity contribution in [1.29, 1.82) is 0 Å². The van der Waals surface area contributed by atoms with Crippen LogP contribution in [0.3, 0.4) is 0 Å². The fraction of sp³-hybridized carbons (Fsp3) is 0.154. The number of fused-ring (bicyclic) bond motifs is 1. The number of carboxylic acids is 1. The summed E-state index contributed by atoms with van der Waals surface area (Å²) < 4.78 is 10.6. The normalized spacial score (nSPS) is 16.4. The van der Waals surface area contributed by atoms with Crippen molar-refractivity contribution < 1.29 is 29.4 Å². The van der Waals surface area contributed by atoms with E-state index in [9.17, 15) is 14.9 Å². The smallest absolute Gasteiger partial charge is 0.492 e. The Morgan fingerprint density at radius 1 is 1.41 bits per heavy atom. The molecule has 3 N–H and O–H groups in total. The highest BCUT2D eigenvalue weighted by Gasteiger charge is 2.39. The van der Waals surface area contributed by atoms with Gasteiger partial charge in [-0.15, -0.1) is 0 Å². The fourth-order valence-corrected chi connectivity index (χ4v) is 2.31. The molecular formula is C13H11BN2O6. The Morgan fingerprint density at radius 3 is 2.91 bits per heavy atom. The number of aromatic hydroxyl groups is 1. The van der Waals surface area contributed by atoms with Crippen LogP contribution >= 0.6 is 0 Å². The molecule has 2 heterocycles. The number of rotatable bonds is 4. The van der Waals surface area contributed by atoms with E-state index in [0.29, 0.717) is 0 Å². The van der Waals surface area contributed by atoms with Gasteiger partial charge in [-0.25, -0.2) is 4.98 Å². The summed E-state index contributed by atoms with van der Waals surface area (Å²) in [7, 11) is -1.32. The van der Waals surface area contributed by atoms with E-state index in [4.69, 9.17) is 14.5 Å². The van der Waals surface area contributed by atoms with Crippen molar-refractivity contribution in [3.8, 4) is 17.4 Å². The van der Waals surface area contributed by atoms with Crippen LogP contribution in [0.4, 0.5) is 0 Å². The molecule has 3 rings (SSSR count). The minimum Gasteiger partial charge on any atom is -0.507 e. The molecule has 0 aliphatic carbocycles. The molecule has 1 aromatic carbocycles. The molecule has 0 saturated heterocycles. The first kappa shape index (κ1) is 14.3. The molecular weight excluding hydrogens is 291 g/mol.